The predicted molar refractivity (Wildman–Crippen MR) is 117 cm³/mol. The molecule has 1 amide bonds. The predicted octanol–water partition coefficient (Wildman–Crippen LogP) is 4.78. The number of benzene rings is 2. The Morgan fingerprint density at radius 2 is 1.94 bits per heavy atom. The number of carbonyl (C=O) groups excluding carboxylic acids is 1. The van der Waals surface area contributed by atoms with Crippen molar-refractivity contribution in [3.63, 3.8) is 0 Å². The molecule has 0 aliphatic carbocycles. The van der Waals surface area contributed by atoms with E-state index in [0.717, 1.165) is 16.5 Å². The fourth-order valence-electron chi connectivity index (χ4n) is 3.23. The Labute approximate surface area is 177 Å². The summed E-state index contributed by atoms with van der Waals surface area (Å²) >= 11 is 0. The van der Waals surface area contributed by atoms with Crippen LogP contribution in [0.4, 0.5) is 5.69 Å². The molecule has 0 bridgehead atoms. The molecule has 0 unspecified atom stereocenters. The number of amides is 1. The number of nitro groups is 1. The second-order valence-electron chi connectivity index (χ2n) is 6.98. The molecule has 2 aromatic heterocycles. The van der Waals surface area contributed by atoms with Crippen molar-refractivity contribution in [2.24, 2.45) is 5.10 Å². The topological polar surface area (TPSA) is 111 Å². The molecule has 0 aliphatic rings. The number of aromatic nitrogens is 1. The normalized spacial score (nSPS) is 11.2. The molecule has 31 heavy (non-hydrogen) atoms. The van der Waals surface area contributed by atoms with E-state index in [2.05, 4.69) is 15.5 Å². The van der Waals surface area contributed by atoms with Crippen molar-refractivity contribution < 1.29 is 14.1 Å². The highest BCUT2D eigenvalue weighted by Gasteiger charge is 2.12. The summed E-state index contributed by atoms with van der Waals surface area (Å²) in [6.07, 6.45) is 1.37. The quantitative estimate of drug-likeness (QED) is 0.287. The number of para-hydroxylation sites is 1. The van der Waals surface area contributed by atoms with Gasteiger partial charge in [0.15, 0.2) is 0 Å². The van der Waals surface area contributed by atoms with Crippen LogP contribution in [0.15, 0.2) is 70.2 Å². The zero-order valence-electron chi connectivity index (χ0n) is 16.8. The summed E-state index contributed by atoms with van der Waals surface area (Å²) in [5.74, 6) is 0.474. The van der Waals surface area contributed by atoms with Gasteiger partial charge < -0.3 is 4.42 Å². The van der Waals surface area contributed by atoms with Crippen molar-refractivity contribution in [1.29, 1.82) is 0 Å². The van der Waals surface area contributed by atoms with Gasteiger partial charge in [-0.1, -0.05) is 30.3 Å². The van der Waals surface area contributed by atoms with Crippen molar-refractivity contribution in [2.45, 2.75) is 13.8 Å². The first-order chi connectivity index (χ1) is 14.9. The summed E-state index contributed by atoms with van der Waals surface area (Å²) in [7, 11) is 0. The van der Waals surface area contributed by atoms with Crippen LogP contribution in [0.5, 0.6) is 0 Å². The fourth-order valence-corrected chi connectivity index (χ4v) is 3.23. The number of furan rings is 1. The van der Waals surface area contributed by atoms with Crippen LogP contribution in [-0.4, -0.2) is 22.0 Å². The number of nitrogens with zero attached hydrogens (tertiary/aromatic N) is 3. The number of aryl methyl sites for hydroxylation is 2. The second kappa shape index (κ2) is 8.19. The van der Waals surface area contributed by atoms with Crippen molar-refractivity contribution in [3.05, 3.63) is 93.4 Å². The molecule has 4 aromatic rings. The number of hydrogen-bond acceptors (Lipinski definition) is 6. The van der Waals surface area contributed by atoms with Crippen LogP contribution in [0.1, 0.15) is 27.4 Å². The monoisotopic (exact) mass is 414 g/mol. The van der Waals surface area contributed by atoms with E-state index in [4.69, 9.17) is 4.42 Å². The summed E-state index contributed by atoms with van der Waals surface area (Å²) < 4.78 is 5.65. The number of nitro benzene ring substituents is 1. The van der Waals surface area contributed by atoms with Gasteiger partial charge in [0.1, 0.15) is 11.5 Å². The minimum atomic E-state index is -0.463. The number of pyridine rings is 1. The third-order valence-corrected chi connectivity index (χ3v) is 4.81. The number of rotatable bonds is 5. The van der Waals surface area contributed by atoms with Gasteiger partial charge in [0, 0.05) is 23.1 Å². The first-order valence-electron chi connectivity index (χ1n) is 9.47. The highest BCUT2D eigenvalue weighted by molar-refractivity contribution is 5.99. The van der Waals surface area contributed by atoms with Gasteiger partial charge >= 0.3 is 0 Å². The summed E-state index contributed by atoms with van der Waals surface area (Å²) in [4.78, 5) is 27.6. The van der Waals surface area contributed by atoms with Crippen molar-refractivity contribution in [2.75, 3.05) is 0 Å². The minimum Gasteiger partial charge on any atom is -0.455 e. The van der Waals surface area contributed by atoms with Gasteiger partial charge in [0.2, 0.25) is 0 Å². The number of nitrogens with one attached hydrogen (secondary N) is 1. The molecule has 2 aromatic carbocycles. The summed E-state index contributed by atoms with van der Waals surface area (Å²) in [6.45, 7) is 3.76. The first-order valence-corrected chi connectivity index (χ1v) is 9.47. The Morgan fingerprint density at radius 3 is 2.74 bits per heavy atom. The van der Waals surface area contributed by atoms with Gasteiger partial charge in [-0.3, -0.25) is 19.9 Å². The molecule has 1 N–H and O–H groups in total. The molecule has 0 aliphatic heterocycles. The first kappa shape index (κ1) is 20.0. The Morgan fingerprint density at radius 1 is 1.13 bits per heavy atom. The minimum absolute atomic E-state index is 0.0223. The highest BCUT2D eigenvalue weighted by atomic mass is 16.6. The number of carbonyl (C=O) groups is 1. The summed E-state index contributed by atoms with van der Waals surface area (Å²) in [5, 5.41) is 15.8. The van der Waals surface area contributed by atoms with E-state index in [1.165, 1.54) is 18.3 Å². The van der Waals surface area contributed by atoms with Gasteiger partial charge in [-0.25, -0.2) is 5.43 Å². The van der Waals surface area contributed by atoms with E-state index < -0.39 is 4.92 Å². The summed E-state index contributed by atoms with van der Waals surface area (Å²) in [5.41, 5.74) is 5.99. The van der Waals surface area contributed by atoms with Crippen LogP contribution in [0.2, 0.25) is 0 Å². The number of hydrazone groups is 1. The Hall–Kier alpha value is -4.33. The molecule has 0 atom stereocenters. The van der Waals surface area contributed by atoms with Gasteiger partial charge in [-0.15, -0.1) is 0 Å². The molecule has 4 rings (SSSR count). The van der Waals surface area contributed by atoms with Gasteiger partial charge in [-0.05, 0) is 37.6 Å². The van der Waals surface area contributed by atoms with Crippen molar-refractivity contribution in [1.82, 2.24) is 10.4 Å². The molecule has 0 saturated heterocycles. The Kier molecular flexibility index (Phi) is 5.28. The number of non-ortho nitro benzene ring substituents is 1. The SMILES string of the molecule is Cc1nc2c(C)cccc2cc1C(=O)N/N=C/c1ccc(-c2cccc([N+](=O)[O-])c2)o1. The summed E-state index contributed by atoms with van der Waals surface area (Å²) in [6, 6.07) is 17.1. The largest absolute Gasteiger partial charge is 0.455 e. The Bertz CT molecular complexity index is 1340. The molecule has 0 radical (unpaired) electrons. The highest BCUT2D eigenvalue weighted by Crippen LogP contribution is 2.25. The van der Waals surface area contributed by atoms with Gasteiger partial charge in [0.05, 0.1) is 27.9 Å². The fraction of sp³-hybridized carbons (Fsp3) is 0.0870. The lowest BCUT2D eigenvalue weighted by Crippen LogP contribution is -2.19. The average Bonchev–Trinajstić information content (AvgIpc) is 3.23. The molecule has 154 valence electrons. The number of hydrogen-bond donors (Lipinski definition) is 1. The van der Waals surface area contributed by atoms with Crippen LogP contribution in [0.3, 0.4) is 0 Å². The van der Waals surface area contributed by atoms with E-state index in [1.54, 1.807) is 37.3 Å². The maximum atomic E-state index is 12.6. The average molecular weight is 414 g/mol. The van der Waals surface area contributed by atoms with Crippen LogP contribution >= 0.6 is 0 Å². The van der Waals surface area contributed by atoms with E-state index in [1.807, 2.05) is 25.1 Å². The van der Waals surface area contributed by atoms with Crippen LogP contribution in [-0.2, 0) is 0 Å². The number of fused-ring (bicyclic) bond motifs is 1. The Balaban J connectivity index is 1.49. The molecule has 0 saturated carbocycles. The zero-order chi connectivity index (χ0) is 22.0. The zero-order valence-corrected chi connectivity index (χ0v) is 16.8. The van der Waals surface area contributed by atoms with Crippen LogP contribution in [0.25, 0.3) is 22.2 Å². The van der Waals surface area contributed by atoms with Gasteiger partial charge in [-0.2, -0.15) is 5.10 Å². The standard InChI is InChI=1S/C23H18N4O4/c1-14-5-3-7-17-12-20(15(2)25-22(14)17)23(28)26-24-13-19-9-10-21(31-19)16-6-4-8-18(11-16)27(29)30/h3-13H,1-2H3,(H,26,28)/b24-13+. The smallest absolute Gasteiger partial charge is 0.273 e. The third-order valence-electron chi connectivity index (χ3n) is 4.81. The van der Waals surface area contributed by atoms with Gasteiger partial charge in [0.25, 0.3) is 11.6 Å². The van der Waals surface area contributed by atoms with E-state index in [-0.39, 0.29) is 11.6 Å². The third kappa shape index (κ3) is 4.18. The molecule has 8 heteroatoms. The lowest BCUT2D eigenvalue weighted by molar-refractivity contribution is -0.384. The molecule has 0 spiro atoms. The van der Waals surface area contributed by atoms with E-state index >= 15 is 0 Å². The maximum Gasteiger partial charge on any atom is 0.273 e. The van der Waals surface area contributed by atoms with E-state index in [9.17, 15) is 14.9 Å². The van der Waals surface area contributed by atoms with Crippen LogP contribution < -0.4 is 5.43 Å². The van der Waals surface area contributed by atoms with Crippen molar-refractivity contribution in [3.8, 4) is 11.3 Å². The molecule has 8 nitrogen and oxygen atoms in total. The van der Waals surface area contributed by atoms with Crippen molar-refractivity contribution >= 4 is 28.7 Å². The molecule has 2 heterocycles. The van der Waals surface area contributed by atoms with E-state index in [0.29, 0.717) is 28.3 Å². The molecular weight excluding hydrogens is 396 g/mol. The molecule has 0 fully saturated rings. The second-order valence-corrected chi connectivity index (χ2v) is 6.98. The molecular formula is C23H18N4O4. The lowest BCUT2D eigenvalue weighted by atomic mass is 10.1. The maximum absolute atomic E-state index is 12.6. The lowest BCUT2D eigenvalue weighted by Gasteiger charge is -2.07. The van der Waals surface area contributed by atoms with Crippen LogP contribution in [0, 0.1) is 24.0 Å².